The summed E-state index contributed by atoms with van der Waals surface area (Å²) in [4.78, 5) is 22.7. The Morgan fingerprint density at radius 3 is 2.56 bits per heavy atom. The Balaban J connectivity index is 2.17. The van der Waals surface area contributed by atoms with E-state index in [4.69, 9.17) is 5.11 Å². The molecule has 2 heterocycles. The third-order valence-corrected chi connectivity index (χ3v) is 3.33. The number of aliphatic carboxylic acids is 1. The van der Waals surface area contributed by atoms with Crippen LogP contribution < -0.4 is 0 Å². The third kappa shape index (κ3) is 2.34. The van der Waals surface area contributed by atoms with Crippen molar-refractivity contribution in [3.8, 4) is 0 Å². The zero-order chi connectivity index (χ0) is 13.5. The van der Waals surface area contributed by atoms with Crippen molar-refractivity contribution in [2.24, 2.45) is 0 Å². The number of amides is 1. The summed E-state index contributed by atoms with van der Waals surface area (Å²) in [5.41, 5.74) is 0.612. The molecule has 2 rings (SSSR count). The van der Waals surface area contributed by atoms with Crippen LogP contribution in [0.2, 0.25) is 0 Å². The molecular weight excluding hydrogens is 251 g/mol. The smallest absolute Gasteiger partial charge is 0.471 e. The van der Waals surface area contributed by atoms with E-state index in [-0.39, 0.29) is 12.8 Å². The van der Waals surface area contributed by atoms with Crippen LogP contribution in [0, 0.1) is 0 Å². The first kappa shape index (κ1) is 12.9. The van der Waals surface area contributed by atoms with Gasteiger partial charge in [-0.15, -0.1) is 0 Å². The highest BCUT2D eigenvalue weighted by molar-refractivity contribution is 5.83. The van der Waals surface area contributed by atoms with E-state index in [0.717, 1.165) is 4.90 Å². The number of carboxylic acid groups (broad SMARTS) is 1. The van der Waals surface area contributed by atoms with Crippen molar-refractivity contribution in [3.63, 3.8) is 0 Å². The Hall–Kier alpha value is -1.53. The number of rotatable bonds is 2. The van der Waals surface area contributed by atoms with Crippen LogP contribution in [0.4, 0.5) is 13.2 Å². The Bertz CT molecular complexity index is 416. The average molecular weight is 263 g/mol. The van der Waals surface area contributed by atoms with Gasteiger partial charge in [0, 0.05) is 6.04 Å². The molecule has 0 aromatic rings. The summed E-state index contributed by atoms with van der Waals surface area (Å²) >= 11 is 0. The fraction of sp³-hybridized carbons (Fsp3) is 0.636. The van der Waals surface area contributed by atoms with Gasteiger partial charge < -0.3 is 10.0 Å². The van der Waals surface area contributed by atoms with Crippen LogP contribution in [-0.4, -0.2) is 40.1 Å². The lowest BCUT2D eigenvalue weighted by Gasteiger charge is -2.34. The molecule has 1 amide bonds. The molecule has 1 fully saturated rings. The first-order valence-corrected chi connectivity index (χ1v) is 5.60. The summed E-state index contributed by atoms with van der Waals surface area (Å²) in [5.74, 6) is -2.82. The van der Waals surface area contributed by atoms with Gasteiger partial charge in [0.25, 0.3) is 0 Å². The Kier molecular flexibility index (Phi) is 3.08. The molecule has 0 spiro atoms. The molecule has 0 aromatic carbocycles. The van der Waals surface area contributed by atoms with Crippen LogP contribution in [0.1, 0.15) is 25.7 Å². The van der Waals surface area contributed by atoms with Gasteiger partial charge in [-0.1, -0.05) is 11.6 Å². The molecule has 0 aliphatic carbocycles. The van der Waals surface area contributed by atoms with E-state index in [0.29, 0.717) is 18.4 Å². The van der Waals surface area contributed by atoms with Gasteiger partial charge >= 0.3 is 18.1 Å². The zero-order valence-corrected chi connectivity index (χ0v) is 9.41. The summed E-state index contributed by atoms with van der Waals surface area (Å²) in [6.07, 6.45) is -2.34. The molecule has 1 N–H and O–H groups in total. The number of carbonyl (C=O) groups is 2. The third-order valence-electron chi connectivity index (χ3n) is 3.33. The predicted octanol–water partition coefficient (Wildman–Crippen LogP) is 1.71. The minimum atomic E-state index is -4.86. The summed E-state index contributed by atoms with van der Waals surface area (Å²) in [6.45, 7) is 0. The van der Waals surface area contributed by atoms with E-state index >= 15 is 0 Å². The van der Waals surface area contributed by atoms with Gasteiger partial charge in [0.05, 0.1) is 12.5 Å². The number of hydrogen-bond donors (Lipinski definition) is 1. The van der Waals surface area contributed by atoms with E-state index in [1.165, 1.54) is 6.08 Å². The number of halogens is 3. The molecule has 0 aromatic heterocycles. The largest absolute Gasteiger partial charge is 0.481 e. The van der Waals surface area contributed by atoms with Crippen molar-refractivity contribution in [1.29, 1.82) is 0 Å². The molecule has 2 bridgehead atoms. The van der Waals surface area contributed by atoms with Gasteiger partial charge in [-0.2, -0.15) is 13.2 Å². The Morgan fingerprint density at radius 1 is 1.39 bits per heavy atom. The lowest BCUT2D eigenvalue weighted by atomic mass is 9.98. The molecule has 0 radical (unpaired) electrons. The van der Waals surface area contributed by atoms with Gasteiger partial charge in [-0.3, -0.25) is 9.59 Å². The lowest BCUT2D eigenvalue weighted by Crippen LogP contribution is -2.49. The first-order chi connectivity index (χ1) is 8.29. The second-order valence-corrected chi connectivity index (χ2v) is 4.61. The number of hydrogen-bond acceptors (Lipinski definition) is 2. The van der Waals surface area contributed by atoms with Crippen LogP contribution in [0.25, 0.3) is 0 Å². The van der Waals surface area contributed by atoms with Crippen molar-refractivity contribution >= 4 is 11.9 Å². The summed E-state index contributed by atoms with van der Waals surface area (Å²) in [5, 5.41) is 8.66. The highest BCUT2D eigenvalue weighted by Crippen LogP contribution is 2.38. The Labute approximate surface area is 101 Å². The molecule has 100 valence electrons. The SMILES string of the molecule is O=C(O)CC1=CC2CCC(C1)N2C(=O)C(F)(F)F. The van der Waals surface area contributed by atoms with E-state index in [1.807, 2.05) is 0 Å². The maximum Gasteiger partial charge on any atom is 0.471 e. The van der Waals surface area contributed by atoms with Crippen molar-refractivity contribution in [1.82, 2.24) is 4.90 Å². The highest BCUT2D eigenvalue weighted by Gasteiger charge is 2.50. The molecule has 4 nitrogen and oxygen atoms in total. The van der Waals surface area contributed by atoms with Crippen LogP contribution in [0.5, 0.6) is 0 Å². The molecule has 2 unspecified atom stereocenters. The fourth-order valence-corrected chi connectivity index (χ4v) is 2.71. The van der Waals surface area contributed by atoms with Gasteiger partial charge in [0.15, 0.2) is 0 Å². The second kappa shape index (κ2) is 4.29. The molecular formula is C11H12F3NO3. The quantitative estimate of drug-likeness (QED) is 0.772. The number of nitrogens with zero attached hydrogens (tertiary/aromatic N) is 1. The van der Waals surface area contributed by atoms with Gasteiger partial charge in [-0.05, 0) is 19.3 Å². The number of fused-ring (bicyclic) bond motifs is 2. The number of carboxylic acids is 1. The van der Waals surface area contributed by atoms with Gasteiger partial charge in [0.2, 0.25) is 0 Å². The minimum absolute atomic E-state index is 0.166. The second-order valence-electron chi connectivity index (χ2n) is 4.61. The first-order valence-electron chi connectivity index (χ1n) is 5.60. The number of alkyl halides is 3. The predicted molar refractivity (Wildman–Crippen MR) is 54.7 cm³/mol. The highest BCUT2D eigenvalue weighted by atomic mass is 19.4. The molecule has 2 atom stereocenters. The maximum atomic E-state index is 12.4. The van der Waals surface area contributed by atoms with E-state index in [9.17, 15) is 22.8 Å². The minimum Gasteiger partial charge on any atom is -0.481 e. The molecule has 2 aliphatic heterocycles. The van der Waals surface area contributed by atoms with Crippen LogP contribution in [0.3, 0.4) is 0 Å². The fourth-order valence-electron chi connectivity index (χ4n) is 2.71. The lowest BCUT2D eigenvalue weighted by molar-refractivity contribution is -0.188. The van der Waals surface area contributed by atoms with E-state index in [2.05, 4.69) is 0 Å². The standard InChI is InChI=1S/C11H12F3NO3/c12-11(13,14)10(18)15-7-1-2-8(15)4-6(3-7)5-9(16)17/h3,7-8H,1-2,4-5H2,(H,16,17). The van der Waals surface area contributed by atoms with Crippen LogP contribution in [0.15, 0.2) is 11.6 Å². The van der Waals surface area contributed by atoms with Crippen molar-refractivity contribution in [2.75, 3.05) is 0 Å². The average Bonchev–Trinajstić information content (AvgIpc) is 2.47. The normalized spacial score (nSPS) is 27.1. The van der Waals surface area contributed by atoms with Crippen molar-refractivity contribution in [2.45, 2.75) is 43.9 Å². The van der Waals surface area contributed by atoms with Crippen molar-refractivity contribution < 1.29 is 27.9 Å². The Morgan fingerprint density at radius 2 is 2.06 bits per heavy atom. The topological polar surface area (TPSA) is 57.6 Å². The number of carbonyl (C=O) groups excluding carboxylic acids is 1. The molecule has 18 heavy (non-hydrogen) atoms. The van der Waals surface area contributed by atoms with Gasteiger partial charge in [0.1, 0.15) is 0 Å². The zero-order valence-electron chi connectivity index (χ0n) is 9.41. The molecule has 2 aliphatic rings. The molecule has 1 saturated heterocycles. The summed E-state index contributed by atoms with van der Waals surface area (Å²) < 4.78 is 37.2. The van der Waals surface area contributed by atoms with Crippen LogP contribution >= 0.6 is 0 Å². The maximum absolute atomic E-state index is 12.4. The molecule has 7 heteroatoms. The van der Waals surface area contributed by atoms with E-state index < -0.39 is 30.1 Å². The molecule has 0 saturated carbocycles. The van der Waals surface area contributed by atoms with Crippen LogP contribution in [-0.2, 0) is 9.59 Å². The summed E-state index contributed by atoms with van der Waals surface area (Å²) in [7, 11) is 0. The summed E-state index contributed by atoms with van der Waals surface area (Å²) in [6, 6.07) is -1.12. The monoisotopic (exact) mass is 263 g/mol. The van der Waals surface area contributed by atoms with Crippen molar-refractivity contribution in [3.05, 3.63) is 11.6 Å². The van der Waals surface area contributed by atoms with Gasteiger partial charge in [-0.25, -0.2) is 0 Å². The van der Waals surface area contributed by atoms with E-state index in [1.54, 1.807) is 0 Å².